The molecule has 1 heteroatoms. The van der Waals surface area contributed by atoms with E-state index in [2.05, 4.69) is 122 Å². The number of hydrogen-bond donors (Lipinski definition) is 0. The van der Waals surface area contributed by atoms with Crippen LogP contribution in [0.3, 0.4) is 0 Å². The van der Waals surface area contributed by atoms with E-state index in [-0.39, 0.29) is 0 Å². The summed E-state index contributed by atoms with van der Waals surface area (Å²) in [6, 6.07) is 37.6. The standard InChI is InChI=1S/C33H33N/c1-32-20-9-21-33(2,23-22-32)31-24-26(16-19-30(31)32)25-14-17-29(18-15-25)34(27-10-5-3-6-11-27)28-12-7-4-8-13-28/h3-8,10-19,24H,9,20-23H2,1-2H3. The van der Waals surface area contributed by atoms with Crippen molar-refractivity contribution in [3.8, 4) is 11.1 Å². The van der Waals surface area contributed by atoms with E-state index in [9.17, 15) is 0 Å². The third-order valence-corrected chi connectivity index (χ3v) is 8.49. The molecule has 1 saturated carbocycles. The molecule has 0 spiro atoms. The molecule has 4 aromatic carbocycles. The number of rotatable bonds is 4. The Hall–Kier alpha value is -3.32. The van der Waals surface area contributed by atoms with Gasteiger partial charge in [-0.15, -0.1) is 0 Å². The van der Waals surface area contributed by atoms with Crippen molar-refractivity contribution in [2.75, 3.05) is 4.90 Å². The molecular formula is C33H33N. The Morgan fingerprint density at radius 2 is 1.00 bits per heavy atom. The molecular weight excluding hydrogens is 410 g/mol. The van der Waals surface area contributed by atoms with E-state index < -0.39 is 0 Å². The molecule has 1 nitrogen and oxygen atoms in total. The first-order valence-electron chi connectivity index (χ1n) is 12.7. The summed E-state index contributed by atoms with van der Waals surface area (Å²) in [5, 5.41) is 0. The lowest BCUT2D eigenvalue weighted by molar-refractivity contribution is 0.332. The molecule has 1 fully saturated rings. The van der Waals surface area contributed by atoms with Gasteiger partial charge in [0.2, 0.25) is 0 Å². The predicted molar refractivity (Wildman–Crippen MR) is 144 cm³/mol. The predicted octanol–water partition coefficient (Wildman–Crippen LogP) is 9.32. The van der Waals surface area contributed by atoms with Crippen molar-refractivity contribution in [1.82, 2.24) is 0 Å². The number of hydrogen-bond acceptors (Lipinski definition) is 1. The average molecular weight is 444 g/mol. The van der Waals surface area contributed by atoms with Gasteiger partial charge < -0.3 is 4.90 Å². The summed E-state index contributed by atoms with van der Waals surface area (Å²) in [7, 11) is 0. The fourth-order valence-electron chi connectivity index (χ4n) is 6.36. The minimum Gasteiger partial charge on any atom is -0.311 e. The van der Waals surface area contributed by atoms with Gasteiger partial charge in [0.1, 0.15) is 0 Å². The Morgan fingerprint density at radius 1 is 0.500 bits per heavy atom. The Bertz CT molecular complexity index is 1250. The van der Waals surface area contributed by atoms with Gasteiger partial charge in [-0.25, -0.2) is 0 Å². The maximum Gasteiger partial charge on any atom is 0.0462 e. The van der Waals surface area contributed by atoms with Gasteiger partial charge in [0.25, 0.3) is 0 Å². The molecule has 3 aliphatic carbocycles. The van der Waals surface area contributed by atoms with E-state index >= 15 is 0 Å². The molecule has 34 heavy (non-hydrogen) atoms. The SMILES string of the molecule is CC12CCCC(C)(CC1)c1cc(-c3ccc(N(c4ccccc4)c4ccccc4)cc3)ccc12. The largest absolute Gasteiger partial charge is 0.311 e. The van der Waals surface area contributed by atoms with Gasteiger partial charge in [0.15, 0.2) is 0 Å². The minimum atomic E-state index is 0.332. The van der Waals surface area contributed by atoms with Crippen LogP contribution in [0.4, 0.5) is 17.1 Å². The van der Waals surface area contributed by atoms with Gasteiger partial charge in [-0.2, -0.15) is 0 Å². The van der Waals surface area contributed by atoms with Gasteiger partial charge >= 0.3 is 0 Å². The van der Waals surface area contributed by atoms with Crippen molar-refractivity contribution in [1.29, 1.82) is 0 Å². The first-order valence-corrected chi connectivity index (χ1v) is 12.7. The number of fused-ring (bicyclic) bond motifs is 3. The lowest BCUT2D eigenvalue weighted by atomic mass is 9.63. The molecule has 2 atom stereocenters. The number of nitrogens with zero attached hydrogens (tertiary/aromatic N) is 1. The molecule has 3 aliphatic rings. The van der Waals surface area contributed by atoms with Crippen molar-refractivity contribution in [3.05, 3.63) is 114 Å². The van der Waals surface area contributed by atoms with Crippen molar-refractivity contribution >= 4 is 17.1 Å². The van der Waals surface area contributed by atoms with Crippen LogP contribution in [-0.2, 0) is 10.8 Å². The summed E-state index contributed by atoms with van der Waals surface area (Å²) in [6.45, 7) is 4.99. The van der Waals surface area contributed by atoms with E-state index in [1.165, 1.54) is 60.3 Å². The lowest BCUT2D eigenvalue weighted by Gasteiger charge is -2.41. The monoisotopic (exact) mass is 443 g/mol. The van der Waals surface area contributed by atoms with Gasteiger partial charge in [0, 0.05) is 17.1 Å². The maximum atomic E-state index is 2.51. The van der Waals surface area contributed by atoms with E-state index in [1.807, 2.05) is 0 Å². The third kappa shape index (κ3) is 3.55. The zero-order valence-electron chi connectivity index (χ0n) is 20.3. The van der Waals surface area contributed by atoms with Gasteiger partial charge in [-0.3, -0.25) is 0 Å². The van der Waals surface area contributed by atoms with Gasteiger partial charge in [0.05, 0.1) is 0 Å². The van der Waals surface area contributed by atoms with Crippen LogP contribution in [0.25, 0.3) is 11.1 Å². The minimum absolute atomic E-state index is 0.332. The molecule has 0 N–H and O–H groups in total. The Kier molecular flexibility index (Phi) is 5.10. The second kappa shape index (κ2) is 8.17. The van der Waals surface area contributed by atoms with E-state index in [4.69, 9.17) is 0 Å². The zero-order chi connectivity index (χ0) is 23.2. The quantitative estimate of drug-likeness (QED) is 0.304. The van der Waals surface area contributed by atoms with E-state index in [1.54, 1.807) is 11.1 Å². The summed E-state index contributed by atoms with van der Waals surface area (Å²) in [4.78, 5) is 2.32. The van der Waals surface area contributed by atoms with Crippen LogP contribution < -0.4 is 4.90 Å². The van der Waals surface area contributed by atoms with E-state index in [0.717, 1.165) is 0 Å². The summed E-state index contributed by atoms with van der Waals surface area (Å²) >= 11 is 0. The highest BCUT2D eigenvalue weighted by Crippen LogP contribution is 2.54. The summed E-state index contributed by atoms with van der Waals surface area (Å²) in [5.74, 6) is 0. The van der Waals surface area contributed by atoms with Crippen LogP contribution in [0.15, 0.2) is 103 Å². The first kappa shape index (κ1) is 21.2. The highest BCUT2D eigenvalue weighted by Gasteiger charge is 2.44. The van der Waals surface area contributed by atoms with Crippen LogP contribution >= 0.6 is 0 Å². The smallest absolute Gasteiger partial charge is 0.0462 e. The number of para-hydroxylation sites is 2. The first-order chi connectivity index (χ1) is 16.6. The van der Waals surface area contributed by atoms with Gasteiger partial charge in [-0.05, 0) is 95.2 Å². The fourth-order valence-corrected chi connectivity index (χ4v) is 6.36. The molecule has 0 heterocycles. The second-order valence-corrected chi connectivity index (χ2v) is 10.8. The highest BCUT2D eigenvalue weighted by molar-refractivity contribution is 5.78. The topological polar surface area (TPSA) is 3.24 Å². The summed E-state index contributed by atoms with van der Waals surface area (Å²) in [5.41, 5.74) is 10.1. The van der Waals surface area contributed by atoms with Crippen LogP contribution in [0.1, 0.15) is 57.1 Å². The summed E-state index contributed by atoms with van der Waals surface area (Å²) < 4.78 is 0. The molecule has 7 rings (SSSR count). The van der Waals surface area contributed by atoms with Gasteiger partial charge in [-0.1, -0.05) is 87.0 Å². The van der Waals surface area contributed by atoms with Crippen molar-refractivity contribution < 1.29 is 0 Å². The lowest BCUT2D eigenvalue weighted by Crippen LogP contribution is -2.33. The van der Waals surface area contributed by atoms with Crippen molar-refractivity contribution in [3.63, 3.8) is 0 Å². The zero-order valence-corrected chi connectivity index (χ0v) is 20.3. The maximum absolute atomic E-state index is 2.51. The third-order valence-electron chi connectivity index (χ3n) is 8.49. The van der Waals surface area contributed by atoms with Crippen molar-refractivity contribution in [2.24, 2.45) is 0 Å². The fraction of sp³-hybridized carbons (Fsp3) is 0.273. The molecule has 170 valence electrons. The number of benzene rings is 4. The highest BCUT2D eigenvalue weighted by atomic mass is 15.1. The Morgan fingerprint density at radius 3 is 1.59 bits per heavy atom. The van der Waals surface area contributed by atoms with Crippen molar-refractivity contribution in [2.45, 2.75) is 56.8 Å². The summed E-state index contributed by atoms with van der Waals surface area (Å²) in [6.07, 6.45) is 6.65. The Labute approximate surface area is 204 Å². The van der Waals surface area contributed by atoms with Crippen LogP contribution in [0, 0.1) is 0 Å². The van der Waals surface area contributed by atoms with Crippen LogP contribution in [0.5, 0.6) is 0 Å². The molecule has 0 saturated heterocycles. The van der Waals surface area contributed by atoms with E-state index in [0.29, 0.717) is 10.8 Å². The molecule has 0 aromatic heterocycles. The normalized spacial score (nSPS) is 23.2. The average Bonchev–Trinajstić information content (AvgIpc) is 3.11. The van der Waals surface area contributed by atoms with Crippen LogP contribution in [0.2, 0.25) is 0 Å². The molecule has 0 aliphatic heterocycles. The molecule has 2 unspecified atom stereocenters. The Balaban J connectivity index is 1.39. The molecule has 2 bridgehead atoms. The molecule has 4 aromatic rings. The van der Waals surface area contributed by atoms with Crippen LogP contribution in [-0.4, -0.2) is 0 Å². The number of anilines is 3. The second-order valence-electron chi connectivity index (χ2n) is 10.8. The molecule has 0 radical (unpaired) electrons. The molecule has 0 amide bonds.